The number of anilines is 1. The fourth-order valence-corrected chi connectivity index (χ4v) is 2.52. The first-order chi connectivity index (χ1) is 13.0. The van der Waals surface area contributed by atoms with Crippen LogP contribution in [-0.4, -0.2) is 21.2 Å². The van der Waals surface area contributed by atoms with Gasteiger partial charge in [0.05, 0.1) is 6.42 Å². The number of nitrogens with one attached hydrogen (secondary N) is 1. The summed E-state index contributed by atoms with van der Waals surface area (Å²) < 4.78 is 14.5. The van der Waals surface area contributed by atoms with Gasteiger partial charge in [-0.05, 0) is 41.5 Å². The van der Waals surface area contributed by atoms with Crippen molar-refractivity contribution in [2.45, 2.75) is 6.42 Å². The van der Waals surface area contributed by atoms with E-state index >= 15 is 0 Å². The van der Waals surface area contributed by atoms with E-state index in [9.17, 15) is 14.0 Å². The molecular weight excluding hydrogens is 345 g/mol. The number of allylic oxidation sites excluding steroid dienone is 1. The topological polar surface area (TPSA) is 64.0 Å². The largest absolute Gasteiger partial charge is 0.331 e. The van der Waals surface area contributed by atoms with Crippen LogP contribution in [0.3, 0.4) is 0 Å². The maximum absolute atomic E-state index is 12.9. The Bertz CT molecular complexity index is 973. The molecule has 1 aromatic heterocycles. The molecule has 136 valence electrons. The van der Waals surface area contributed by atoms with Crippen molar-refractivity contribution in [2.24, 2.45) is 7.05 Å². The monoisotopic (exact) mass is 363 g/mol. The lowest BCUT2D eigenvalue weighted by Gasteiger charge is -2.05. The SMILES string of the molecule is Cn1ccnc1C(=O)C=Cc1ccc(CC(=O)Nc2ccc(F)cc2)cc1. The summed E-state index contributed by atoms with van der Waals surface area (Å²) in [7, 11) is 1.76. The lowest BCUT2D eigenvalue weighted by atomic mass is 10.1. The van der Waals surface area contributed by atoms with Gasteiger partial charge in [-0.2, -0.15) is 0 Å². The number of ketones is 1. The minimum atomic E-state index is -0.349. The molecule has 3 rings (SSSR count). The van der Waals surface area contributed by atoms with Gasteiger partial charge < -0.3 is 9.88 Å². The van der Waals surface area contributed by atoms with E-state index in [0.29, 0.717) is 11.5 Å². The number of imidazole rings is 1. The fraction of sp³-hybridized carbons (Fsp3) is 0.0952. The Kier molecular flexibility index (Phi) is 5.56. The molecular formula is C21H18FN3O2. The molecule has 1 N–H and O–H groups in total. The molecule has 1 amide bonds. The average molecular weight is 363 g/mol. The Morgan fingerprint density at radius 2 is 1.81 bits per heavy atom. The van der Waals surface area contributed by atoms with E-state index in [1.807, 2.05) is 24.3 Å². The summed E-state index contributed by atoms with van der Waals surface area (Å²) in [5.41, 5.74) is 2.23. The highest BCUT2D eigenvalue weighted by molar-refractivity contribution is 6.04. The Balaban J connectivity index is 1.57. The molecule has 0 fully saturated rings. The molecule has 3 aromatic rings. The standard InChI is InChI=1S/C21H18FN3O2/c1-25-13-12-23-21(25)19(26)11-6-15-2-4-16(5-3-15)14-20(27)24-18-9-7-17(22)8-10-18/h2-13H,14H2,1H3,(H,24,27). The van der Waals surface area contributed by atoms with Crippen LogP contribution in [0, 0.1) is 5.82 Å². The summed E-state index contributed by atoms with van der Waals surface area (Å²) in [4.78, 5) is 28.1. The Hall–Kier alpha value is -3.54. The first-order valence-corrected chi connectivity index (χ1v) is 8.35. The van der Waals surface area contributed by atoms with Crippen LogP contribution in [0.4, 0.5) is 10.1 Å². The number of hydrogen-bond donors (Lipinski definition) is 1. The molecule has 0 aliphatic rings. The number of rotatable bonds is 6. The Morgan fingerprint density at radius 3 is 2.44 bits per heavy atom. The van der Waals surface area contributed by atoms with Gasteiger partial charge >= 0.3 is 0 Å². The molecule has 0 unspecified atom stereocenters. The van der Waals surface area contributed by atoms with E-state index in [1.54, 1.807) is 30.1 Å². The lowest BCUT2D eigenvalue weighted by Crippen LogP contribution is -2.14. The van der Waals surface area contributed by atoms with Crippen LogP contribution >= 0.6 is 0 Å². The number of nitrogens with zero attached hydrogens (tertiary/aromatic N) is 2. The summed E-state index contributed by atoms with van der Waals surface area (Å²) in [6, 6.07) is 12.9. The third-order valence-corrected chi connectivity index (χ3v) is 3.94. The molecule has 0 bridgehead atoms. The zero-order chi connectivity index (χ0) is 19.2. The molecule has 6 heteroatoms. The predicted octanol–water partition coefficient (Wildman–Crippen LogP) is 3.64. The third kappa shape index (κ3) is 4.98. The average Bonchev–Trinajstić information content (AvgIpc) is 3.09. The summed E-state index contributed by atoms with van der Waals surface area (Å²) in [5, 5.41) is 2.72. The number of carbonyl (C=O) groups is 2. The molecule has 27 heavy (non-hydrogen) atoms. The van der Waals surface area contributed by atoms with E-state index in [4.69, 9.17) is 0 Å². The van der Waals surface area contributed by atoms with Gasteiger partial charge in [-0.25, -0.2) is 9.37 Å². The van der Waals surface area contributed by atoms with Crippen LogP contribution in [-0.2, 0) is 18.3 Å². The number of carbonyl (C=O) groups excluding carboxylic acids is 2. The molecule has 0 saturated heterocycles. The van der Waals surface area contributed by atoms with Crippen molar-refractivity contribution < 1.29 is 14.0 Å². The highest BCUT2D eigenvalue weighted by atomic mass is 19.1. The van der Waals surface area contributed by atoms with Crippen LogP contribution in [0.15, 0.2) is 67.0 Å². The van der Waals surface area contributed by atoms with Crippen LogP contribution in [0.25, 0.3) is 6.08 Å². The van der Waals surface area contributed by atoms with Gasteiger partial charge in [-0.1, -0.05) is 30.3 Å². The summed E-state index contributed by atoms with van der Waals surface area (Å²) in [6.07, 6.45) is 6.67. The van der Waals surface area contributed by atoms with Crippen LogP contribution in [0.1, 0.15) is 21.7 Å². The van der Waals surface area contributed by atoms with Crippen LogP contribution in [0.5, 0.6) is 0 Å². The second kappa shape index (κ2) is 8.23. The molecule has 0 aliphatic heterocycles. The number of aromatic nitrogens is 2. The Morgan fingerprint density at radius 1 is 1.11 bits per heavy atom. The van der Waals surface area contributed by atoms with Gasteiger partial charge in [0.15, 0.2) is 5.82 Å². The molecule has 0 spiro atoms. The van der Waals surface area contributed by atoms with Crippen molar-refractivity contribution in [2.75, 3.05) is 5.32 Å². The van der Waals surface area contributed by atoms with Crippen LogP contribution in [0.2, 0.25) is 0 Å². The first kappa shape index (κ1) is 18.3. The van der Waals surface area contributed by atoms with Gasteiger partial charge in [0.2, 0.25) is 11.7 Å². The molecule has 2 aromatic carbocycles. The van der Waals surface area contributed by atoms with Crippen molar-refractivity contribution in [3.63, 3.8) is 0 Å². The molecule has 0 radical (unpaired) electrons. The second-order valence-electron chi connectivity index (χ2n) is 6.03. The zero-order valence-corrected chi connectivity index (χ0v) is 14.7. The van der Waals surface area contributed by atoms with Crippen molar-refractivity contribution in [1.29, 1.82) is 0 Å². The van der Waals surface area contributed by atoms with E-state index in [2.05, 4.69) is 10.3 Å². The fourth-order valence-electron chi connectivity index (χ4n) is 2.52. The number of halogens is 1. The number of benzene rings is 2. The maximum atomic E-state index is 12.9. The molecule has 1 heterocycles. The predicted molar refractivity (Wildman–Crippen MR) is 102 cm³/mol. The van der Waals surface area contributed by atoms with Crippen molar-refractivity contribution in [3.8, 4) is 0 Å². The number of hydrogen-bond acceptors (Lipinski definition) is 3. The van der Waals surface area contributed by atoms with E-state index in [0.717, 1.165) is 11.1 Å². The van der Waals surface area contributed by atoms with Gasteiger partial charge in [-0.3, -0.25) is 9.59 Å². The van der Waals surface area contributed by atoms with Crippen LogP contribution < -0.4 is 5.32 Å². The van der Waals surface area contributed by atoms with E-state index in [-0.39, 0.29) is 23.9 Å². The molecule has 5 nitrogen and oxygen atoms in total. The summed E-state index contributed by atoms with van der Waals surface area (Å²) in [5.74, 6) is -0.335. The van der Waals surface area contributed by atoms with Crippen molar-refractivity contribution in [3.05, 3.63) is 89.8 Å². The van der Waals surface area contributed by atoms with Gasteiger partial charge in [0.1, 0.15) is 5.82 Å². The smallest absolute Gasteiger partial charge is 0.228 e. The van der Waals surface area contributed by atoms with Gasteiger partial charge in [0.25, 0.3) is 0 Å². The third-order valence-electron chi connectivity index (χ3n) is 3.94. The second-order valence-corrected chi connectivity index (χ2v) is 6.03. The summed E-state index contributed by atoms with van der Waals surface area (Å²) in [6.45, 7) is 0. The molecule has 0 saturated carbocycles. The lowest BCUT2D eigenvalue weighted by molar-refractivity contribution is -0.115. The number of aryl methyl sites for hydroxylation is 1. The highest BCUT2D eigenvalue weighted by Crippen LogP contribution is 2.11. The quantitative estimate of drug-likeness (QED) is 0.537. The Labute approximate surface area is 156 Å². The minimum absolute atomic E-state index is 0.176. The number of amides is 1. The molecule has 0 aliphatic carbocycles. The first-order valence-electron chi connectivity index (χ1n) is 8.35. The minimum Gasteiger partial charge on any atom is -0.331 e. The zero-order valence-electron chi connectivity index (χ0n) is 14.7. The van der Waals surface area contributed by atoms with Crippen molar-refractivity contribution in [1.82, 2.24) is 9.55 Å². The normalized spacial score (nSPS) is 10.9. The summed E-state index contributed by atoms with van der Waals surface area (Å²) >= 11 is 0. The van der Waals surface area contributed by atoms with Gasteiger partial charge in [-0.15, -0.1) is 0 Å². The van der Waals surface area contributed by atoms with E-state index < -0.39 is 0 Å². The van der Waals surface area contributed by atoms with E-state index in [1.165, 1.54) is 30.3 Å². The van der Waals surface area contributed by atoms with Gasteiger partial charge in [0, 0.05) is 25.1 Å². The molecule has 0 atom stereocenters. The van der Waals surface area contributed by atoms with Crippen molar-refractivity contribution >= 4 is 23.5 Å². The maximum Gasteiger partial charge on any atom is 0.228 e. The highest BCUT2D eigenvalue weighted by Gasteiger charge is 2.07.